The molecule has 0 aliphatic heterocycles. The minimum atomic E-state index is -0.610. The molecule has 0 unspecified atom stereocenters. The zero-order valence-corrected chi connectivity index (χ0v) is 14.4. The van der Waals surface area contributed by atoms with E-state index in [0.717, 1.165) is 17.0 Å². The summed E-state index contributed by atoms with van der Waals surface area (Å²) in [6, 6.07) is 16.7. The van der Waals surface area contributed by atoms with Gasteiger partial charge < -0.3 is 25.8 Å². The molecule has 6 nitrogen and oxygen atoms in total. The number of amides is 2. The summed E-state index contributed by atoms with van der Waals surface area (Å²) in [6.07, 6.45) is -0.610. The van der Waals surface area contributed by atoms with Gasteiger partial charge in [-0.1, -0.05) is 35.9 Å². The Morgan fingerprint density at radius 3 is 2.52 bits per heavy atom. The van der Waals surface area contributed by atoms with Crippen molar-refractivity contribution in [3.8, 4) is 5.75 Å². The number of para-hydroxylation sites is 1. The van der Waals surface area contributed by atoms with Crippen LogP contribution in [-0.2, 0) is 0 Å². The molecule has 0 heterocycles. The van der Waals surface area contributed by atoms with Gasteiger partial charge in [-0.15, -0.1) is 0 Å². The molecule has 2 aromatic rings. The highest BCUT2D eigenvalue weighted by Gasteiger charge is 2.05. The molecule has 0 spiro atoms. The van der Waals surface area contributed by atoms with E-state index in [1.165, 1.54) is 0 Å². The molecule has 0 aliphatic carbocycles. The third-order valence-electron chi connectivity index (χ3n) is 3.46. The first-order valence-corrected chi connectivity index (χ1v) is 8.31. The van der Waals surface area contributed by atoms with Crippen molar-refractivity contribution >= 4 is 11.7 Å². The van der Waals surface area contributed by atoms with E-state index in [9.17, 15) is 9.90 Å². The van der Waals surface area contributed by atoms with Crippen LogP contribution in [0.15, 0.2) is 54.6 Å². The minimum Gasteiger partial charge on any atom is -0.491 e. The van der Waals surface area contributed by atoms with E-state index in [1.807, 2.05) is 61.5 Å². The van der Waals surface area contributed by atoms with Crippen molar-refractivity contribution < 1.29 is 14.6 Å². The van der Waals surface area contributed by atoms with E-state index in [4.69, 9.17) is 4.74 Å². The molecular formula is C19H25N3O3. The standard InChI is InChI=1S/C19H25N3O3/c1-15-7-9-16(10-8-15)22-19(24)21-12-11-20-13-17(23)14-25-18-5-3-2-4-6-18/h2-10,17,20,23H,11-14H2,1H3,(H2,21,22,24)/t17-/m0/s1. The molecule has 2 amide bonds. The predicted molar refractivity (Wildman–Crippen MR) is 99.0 cm³/mol. The van der Waals surface area contributed by atoms with Crippen LogP contribution in [0.3, 0.4) is 0 Å². The van der Waals surface area contributed by atoms with Crippen molar-refractivity contribution in [2.75, 3.05) is 31.6 Å². The average Bonchev–Trinajstić information content (AvgIpc) is 2.62. The van der Waals surface area contributed by atoms with E-state index in [0.29, 0.717) is 19.6 Å². The molecule has 0 aromatic heterocycles. The SMILES string of the molecule is Cc1ccc(NC(=O)NCCNC[C@H](O)COc2ccccc2)cc1. The molecule has 25 heavy (non-hydrogen) atoms. The molecule has 0 fully saturated rings. The number of carbonyl (C=O) groups excluding carboxylic acids is 1. The monoisotopic (exact) mass is 343 g/mol. The van der Waals surface area contributed by atoms with Gasteiger partial charge in [0.05, 0.1) is 0 Å². The van der Waals surface area contributed by atoms with E-state index in [1.54, 1.807) is 0 Å². The van der Waals surface area contributed by atoms with Gasteiger partial charge in [0.1, 0.15) is 18.5 Å². The normalized spacial score (nSPS) is 11.6. The quantitative estimate of drug-likeness (QED) is 0.526. The van der Waals surface area contributed by atoms with Crippen LogP contribution in [0.25, 0.3) is 0 Å². The zero-order valence-electron chi connectivity index (χ0n) is 14.4. The summed E-state index contributed by atoms with van der Waals surface area (Å²) in [6.45, 7) is 3.63. The van der Waals surface area contributed by atoms with Gasteiger partial charge in [0.2, 0.25) is 0 Å². The van der Waals surface area contributed by atoms with Gasteiger partial charge >= 0.3 is 6.03 Å². The lowest BCUT2D eigenvalue weighted by Crippen LogP contribution is -2.38. The fourth-order valence-electron chi connectivity index (χ4n) is 2.11. The van der Waals surface area contributed by atoms with E-state index < -0.39 is 6.10 Å². The molecule has 0 saturated carbocycles. The maximum absolute atomic E-state index is 11.7. The van der Waals surface area contributed by atoms with Crippen LogP contribution in [0.1, 0.15) is 5.56 Å². The summed E-state index contributed by atoms with van der Waals surface area (Å²) < 4.78 is 5.47. The van der Waals surface area contributed by atoms with Crippen molar-refractivity contribution in [1.82, 2.24) is 10.6 Å². The second kappa shape index (κ2) is 10.3. The number of anilines is 1. The summed E-state index contributed by atoms with van der Waals surface area (Å²) in [7, 11) is 0. The Morgan fingerprint density at radius 1 is 1.08 bits per heavy atom. The highest BCUT2D eigenvalue weighted by atomic mass is 16.5. The Labute approximate surface area is 148 Å². The number of aryl methyl sites for hydroxylation is 1. The molecule has 0 aliphatic rings. The lowest BCUT2D eigenvalue weighted by molar-refractivity contribution is 0.106. The molecule has 4 N–H and O–H groups in total. The van der Waals surface area contributed by atoms with Crippen molar-refractivity contribution in [3.05, 3.63) is 60.2 Å². The second-order valence-electron chi connectivity index (χ2n) is 5.73. The molecule has 0 radical (unpaired) electrons. The van der Waals surface area contributed by atoms with E-state index in [-0.39, 0.29) is 12.6 Å². The molecule has 0 saturated heterocycles. The van der Waals surface area contributed by atoms with E-state index in [2.05, 4.69) is 16.0 Å². The lowest BCUT2D eigenvalue weighted by atomic mass is 10.2. The van der Waals surface area contributed by atoms with Crippen molar-refractivity contribution in [2.24, 2.45) is 0 Å². The summed E-state index contributed by atoms with van der Waals surface area (Å²) in [5.74, 6) is 0.732. The summed E-state index contributed by atoms with van der Waals surface area (Å²) >= 11 is 0. The van der Waals surface area contributed by atoms with Gasteiger partial charge in [-0.2, -0.15) is 0 Å². The van der Waals surface area contributed by atoms with Gasteiger partial charge in [0.15, 0.2) is 0 Å². The highest BCUT2D eigenvalue weighted by molar-refractivity contribution is 5.89. The number of carbonyl (C=O) groups is 1. The fourth-order valence-corrected chi connectivity index (χ4v) is 2.11. The number of ether oxygens (including phenoxy) is 1. The summed E-state index contributed by atoms with van der Waals surface area (Å²) in [4.78, 5) is 11.7. The molecule has 1 atom stereocenters. The van der Waals surface area contributed by atoms with Crippen molar-refractivity contribution in [2.45, 2.75) is 13.0 Å². The Morgan fingerprint density at radius 2 is 1.80 bits per heavy atom. The zero-order chi connectivity index (χ0) is 17.9. The van der Waals surface area contributed by atoms with E-state index >= 15 is 0 Å². The average molecular weight is 343 g/mol. The number of rotatable bonds is 9. The molecular weight excluding hydrogens is 318 g/mol. The molecule has 2 aromatic carbocycles. The number of nitrogens with one attached hydrogen (secondary N) is 3. The van der Waals surface area contributed by atoms with Crippen LogP contribution in [0, 0.1) is 6.92 Å². The maximum Gasteiger partial charge on any atom is 0.319 e. The number of aliphatic hydroxyl groups excluding tert-OH is 1. The fraction of sp³-hybridized carbons (Fsp3) is 0.316. The largest absolute Gasteiger partial charge is 0.491 e. The molecule has 0 bridgehead atoms. The topological polar surface area (TPSA) is 82.6 Å². The minimum absolute atomic E-state index is 0.221. The van der Waals surface area contributed by atoms with Crippen LogP contribution in [0.2, 0.25) is 0 Å². The van der Waals surface area contributed by atoms with Crippen molar-refractivity contribution in [3.63, 3.8) is 0 Å². The Bertz CT molecular complexity index is 632. The first-order valence-electron chi connectivity index (χ1n) is 8.31. The van der Waals surface area contributed by atoms with Crippen LogP contribution < -0.4 is 20.7 Å². The Hall–Kier alpha value is -2.57. The van der Waals surface area contributed by atoms with Crippen LogP contribution in [0.4, 0.5) is 10.5 Å². The molecule has 6 heteroatoms. The maximum atomic E-state index is 11.7. The van der Waals surface area contributed by atoms with Gasteiger partial charge in [-0.05, 0) is 31.2 Å². The number of hydrogen-bond acceptors (Lipinski definition) is 4. The molecule has 2 rings (SSSR count). The third kappa shape index (κ3) is 7.69. The van der Waals surface area contributed by atoms with Gasteiger partial charge in [-0.3, -0.25) is 0 Å². The van der Waals surface area contributed by atoms with Crippen LogP contribution in [-0.4, -0.2) is 43.5 Å². The van der Waals surface area contributed by atoms with Gasteiger partial charge in [0, 0.05) is 25.3 Å². The van der Waals surface area contributed by atoms with Crippen molar-refractivity contribution in [1.29, 1.82) is 0 Å². The second-order valence-corrected chi connectivity index (χ2v) is 5.73. The number of aliphatic hydroxyl groups is 1. The molecule has 134 valence electrons. The number of benzene rings is 2. The summed E-state index contributed by atoms with van der Waals surface area (Å²) in [5.41, 5.74) is 1.90. The lowest BCUT2D eigenvalue weighted by Gasteiger charge is -2.13. The van der Waals surface area contributed by atoms with Gasteiger partial charge in [0.25, 0.3) is 0 Å². The summed E-state index contributed by atoms with van der Waals surface area (Å²) in [5, 5.41) is 18.4. The smallest absolute Gasteiger partial charge is 0.319 e. The van der Waals surface area contributed by atoms with Crippen LogP contribution >= 0.6 is 0 Å². The predicted octanol–water partition coefficient (Wildman–Crippen LogP) is 2.15. The highest BCUT2D eigenvalue weighted by Crippen LogP contribution is 2.08. The first kappa shape index (κ1) is 18.8. The Balaban J connectivity index is 1.52. The number of urea groups is 1. The first-order chi connectivity index (χ1) is 12.1. The third-order valence-corrected chi connectivity index (χ3v) is 3.46. The van der Waals surface area contributed by atoms with Gasteiger partial charge in [-0.25, -0.2) is 4.79 Å². The number of hydrogen-bond donors (Lipinski definition) is 4. The Kier molecular flexibility index (Phi) is 7.75. The van der Waals surface area contributed by atoms with Crippen LogP contribution in [0.5, 0.6) is 5.75 Å².